The van der Waals surface area contributed by atoms with Gasteiger partial charge in [0.05, 0.1) is 23.0 Å². The number of nitrogens with one attached hydrogen (secondary N) is 1. The van der Waals surface area contributed by atoms with Crippen LogP contribution < -0.4 is 10.2 Å². The molecule has 0 aliphatic carbocycles. The Labute approximate surface area is 208 Å². The second-order valence-electron chi connectivity index (χ2n) is 8.78. The molecule has 2 aromatic heterocycles. The van der Waals surface area contributed by atoms with E-state index >= 15 is 0 Å². The Morgan fingerprint density at radius 2 is 1.61 bits per heavy atom. The van der Waals surface area contributed by atoms with Crippen LogP contribution in [0.5, 0.6) is 0 Å². The summed E-state index contributed by atoms with van der Waals surface area (Å²) in [5, 5.41) is 4.84. The zero-order valence-electron chi connectivity index (χ0n) is 19.6. The molecule has 36 heavy (non-hydrogen) atoms. The van der Waals surface area contributed by atoms with E-state index < -0.39 is 0 Å². The van der Waals surface area contributed by atoms with Crippen LogP contribution >= 0.6 is 0 Å². The number of amides is 2. The highest BCUT2D eigenvalue weighted by atomic mass is 16.2. The monoisotopic (exact) mass is 473 g/mol. The van der Waals surface area contributed by atoms with Gasteiger partial charge in [-0.3, -0.25) is 19.5 Å². The van der Waals surface area contributed by atoms with E-state index in [1.54, 1.807) is 17.3 Å². The first kappa shape index (κ1) is 21.7. The standard InChI is InChI=1S/C29H23N5O2/c1-19(24-8-4-5-15-30-24)29-31-16-17-33(29)21-10-12-22(13-11-21)34-25-14-9-20-6-2-3-7-23(20)28(25)32-26(35)18-27(34)36/h2-17,19H,18H2,1H3,(H,32,35). The summed E-state index contributed by atoms with van der Waals surface area (Å²) in [5.41, 5.74) is 3.86. The number of pyridine rings is 1. The first-order chi connectivity index (χ1) is 17.6. The summed E-state index contributed by atoms with van der Waals surface area (Å²) >= 11 is 0. The van der Waals surface area contributed by atoms with Crippen molar-refractivity contribution in [3.8, 4) is 5.69 Å². The Bertz CT molecular complexity index is 1590. The highest BCUT2D eigenvalue weighted by molar-refractivity contribution is 6.21. The Kier molecular flexibility index (Phi) is 5.30. The van der Waals surface area contributed by atoms with Gasteiger partial charge in [-0.25, -0.2) is 4.98 Å². The molecule has 1 atom stereocenters. The lowest BCUT2D eigenvalue weighted by atomic mass is 10.1. The SMILES string of the molecule is CC(c1ccccn1)c1nccn1-c1ccc(N2C(=O)CC(=O)Nc3c2ccc2ccccc32)cc1. The number of benzene rings is 3. The van der Waals surface area contributed by atoms with Gasteiger partial charge < -0.3 is 9.88 Å². The number of carbonyl (C=O) groups excluding carboxylic acids is 2. The third-order valence-corrected chi connectivity index (χ3v) is 6.55. The van der Waals surface area contributed by atoms with Gasteiger partial charge in [0, 0.05) is 35.4 Å². The molecular formula is C29H23N5O2. The van der Waals surface area contributed by atoms with Crippen molar-refractivity contribution in [2.24, 2.45) is 0 Å². The third-order valence-electron chi connectivity index (χ3n) is 6.55. The average Bonchev–Trinajstić information content (AvgIpc) is 3.35. The molecule has 1 N–H and O–H groups in total. The maximum absolute atomic E-state index is 13.2. The molecule has 0 saturated heterocycles. The Morgan fingerprint density at radius 3 is 2.42 bits per heavy atom. The Hall–Kier alpha value is -4.78. The van der Waals surface area contributed by atoms with Crippen LogP contribution in [0.3, 0.4) is 0 Å². The summed E-state index contributed by atoms with van der Waals surface area (Å²) in [7, 11) is 0. The topological polar surface area (TPSA) is 80.1 Å². The van der Waals surface area contributed by atoms with E-state index in [-0.39, 0.29) is 24.2 Å². The van der Waals surface area contributed by atoms with Gasteiger partial charge in [0.1, 0.15) is 12.2 Å². The van der Waals surface area contributed by atoms with Gasteiger partial charge in [-0.15, -0.1) is 0 Å². The van der Waals surface area contributed by atoms with E-state index in [0.717, 1.165) is 28.0 Å². The van der Waals surface area contributed by atoms with Gasteiger partial charge >= 0.3 is 0 Å². The summed E-state index contributed by atoms with van der Waals surface area (Å²) in [6, 6.07) is 25.3. The molecule has 0 saturated carbocycles. The van der Waals surface area contributed by atoms with Gasteiger partial charge in [0.15, 0.2) is 0 Å². The number of hydrogen-bond acceptors (Lipinski definition) is 4. The smallest absolute Gasteiger partial charge is 0.241 e. The van der Waals surface area contributed by atoms with Gasteiger partial charge in [0.2, 0.25) is 11.8 Å². The van der Waals surface area contributed by atoms with Gasteiger partial charge in [0.25, 0.3) is 0 Å². The predicted molar refractivity (Wildman–Crippen MR) is 140 cm³/mol. The molecule has 0 spiro atoms. The normalized spacial score (nSPS) is 14.3. The fraction of sp³-hybridized carbons (Fsp3) is 0.103. The van der Waals surface area contributed by atoms with Gasteiger partial charge in [-0.2, -0.15) is 0 Å². The number of hydrogen-bond donors (Lipinski definition) is 1. The predicted octanol–water partition coefficient (Wildman–Crippen LogP) is 5.58. The molecule has 6 rings (SSSR count). The van der Waals surface area contributed by atoms with Gasteiger partial charge in [-0.05, 0) is 54.8 Å². The van der Waals surface area contributed by atoms with E-state index in [2.05, 4.69) is 22.2 Å². The molecule has 7 heteroatoms. The molecular weight excluding hydrogens is 450 g/mol. The molecule has 5 aromatic rings. The lowest BCUT2D eigenvalue weighted by Gasteiger charge is -2.24. The molecule has 0 fully saturated rings. The number of rotatable bonds is 4. The first-order valence-corrected chi connectivity index (χ1v) is 11.8. The zero-order valence-corrected chi connectivity index (χ0v) is 19.6. The van der Waals surface area contributed by atoms with Crippen molar-refractivity contribution in [3.63, 3.8) is 0 Å². The third kappa shape index (κ3) is 3.71. The van der Waals surface area contributed by atoms with Crippen LogP contribution in [0.15, 0.2) is 97.5 Å². The highest BCUT2D eigenvalue weighted by Gasteiger charge is 2.28. The van der Waals surface area contributed by atoms with E-state index in [0.29, 0.717) is 17.1 Å². The molecule has 3 aromatic carbocycles. The minimum atomic E-state index is -0.316. The van der Waals surface area contributed by atoms with Crippen LogP contribution in [-0.4, -0.2) is 26.3 Å². The fourth-order valence-corrected chi connectivity index (χ4v) is 4.78. The van der Waals surface area contributed by atoms with Gasteiger partial charge in [-0.1, -0.05) is 36.4 Å². The molecule has 1 aliphatic heterocycles. The molecule has 3 heterocycles. The van der Waals surface area contributed by atoms with Crippen molar-refractivity contribution < 1.29 is 9.59 Å². The number of carbonyl (C=O) groups is 2. The minimum Gasteiger partial charge on any atom is -0.323 e. The van der Waals surface area contributed by atoms with E-state index in [4.69, 9.17) is 0 Å². The molecule has 1 unspecified atom stereocenters. The Balaban J connectivity index is 1.39. The zero-order chi connectivity index (χ0) is 24.6. The number of anilines is 3. The summed E-state index contributed by atoms with van der Waals surface area (Å²) in [4.78, 5) is 36.4. The van der Waals surface area contributed by atoms with Crippen LogP contribution in [0.2, 0.25) is 0 Å². The highest BCUT2D eigenvalue weighted by Crippen LogP contribution is 2.40. The maximum Gasteiger partial charge on any atom is 0.241 e. The van der Waals surface area contributed by atoms with Crippen LogP contribution in [-0.2, 0) is 9.59 Å². The fourth-order valence-electron chi connectivity index (χ4n) is 4.78. The second kappa shape index (κ2) is 8.78. The largest absolute Gasteiger partial charge is 0.323 e. The molecule has 176 valence electrons. The molecule has 2 amide bonds. The van der Waals surface area contributed by atoms with Crippen molar-refractivity contribution in [2.45, 2.75) is 19.3 Å². The van der Waals surface area contributed by atoms with E-state index in [1.807, 2.05) is 89.6 Å². The number of nitrogens with zero attached hydrogens (tertiary/aromatic N) is 4. The average molecular weight is 474 g/mol. The maximum atomic E-state index is 13.2. The van der Waals surface area contributed by atoms with E-state index in [9.17, 15) is 9.59 Å². The first-order valence-electron chi connectivity index (χ1n) is 11.8. The number of imidazole rings is 1. The lowest BCUT2D eigenvalue weighted by Crippen LogP contribution is -2.26. The summed E-state index contributed by atoms with van der Waals surface area (Å²) < 4.78 is 2.03. The van der Waals surface area contributed by atoms with Crippen LogP contribution in [0.25, 0.3) is 16.5 Å². The summed E-state index contributed by atoms with van der Waals surface area (Å²) in [6.45, 7) is 2.08. The van der Waals surface area contributed by atoms with Crippen molar-refractivity contribution in [3.05, 3.63) is 109 Å². The quantitative estimate of drug-likeness (QED) is 0.346. The molecule has 1 aliphatic rings. The van der Waals surface area contributed by atoms with Crippen LogP contribution in [0, 0.1) is 0 Å². The molecule has 7 nitrogen and oxygen atoms in total. The van der Waals surface area contributed by atoms with E-state index in [1.165, 1.54) is 0 Å². The summed E-state index contributed by atoms with van der Waals surface area (Å²) in [5.74, 6) is 0.286. The minimum absolute atomic E-state index is 0.00491. The van der Waals surface area contributed by atoms with Crippen molar-refractivity contribution in [2.75, 3.05) is 10.2 Å². The molecule has 0 radical (unpaired) electrons. The van der Waals surface area contributed by atoms with Crippen molar-refractivity contribution in [1.29, 1.82) is 0 Å². The second-order valence-corrected chi connectivity index (χ2v) is 8.78. The summed E-state index contributed by atoms with van der Waals surface area (Å²) in [6.07, 6.45) is 5.26. The molecule has 0 bridgehead atoms. The number of aromatic nitrogens is 3. The Morgan fingerprint density at radius 1 is 0.833 bits per heavy atom. The number of fused-ring (bicyclic) bond motifs is 3. The van der Waals surface area contributed by atoms with Crippen molar-refractivity contribution in [1.82, 2.24) is 14.5 Å². The van der Waals surface area contributed by atoms with Crippen molar-refractivity contribution >= 4 is 39.6 Å². The van der Waals surface area contributed by atoms with Crippen LogP contribution in [0.4, 0.5) is 17.1 Å². The lowest BCUT2D eigenvalue weighted by molar-refractivity contribution is -0.124. The van der Waals surface area contributed by atoms with Crippen LogP contribution in [0.1, 0.15) is 30.8 Å².